The standard InChI is InChI=1S/C16H20FN3S/c1-4-5-19-12(3)13-9-14(17)11(2)8-15(13)21-16-10-18-6-7-20-16/h6-10,12,19H,4-5H2,1-3H3. The molecule has 0 bridgehead atoms. The number of nitrogens with one attached hydrogen (secondary N) is 1. The van der Waals surface area contributed by atoms with Crippen LogP contribution in [0.15, 0.2) is 40.6 Å². The molecule has 3 nitrogen and oxygen atoms in total. The van der Waals surface area contributed by atoms with Gasteiger partial charge in [-0.25, -0.2) is 9.37 Å². The quantitative estimate of drug-likeness (QED) is 0.870. The molecular formula is C16H20FN3S. The van der Waals surface area contributed by atoms with E-state index in [4.69, 9.17) is 0 Å². The number of rotatable bonds is 6. The first kappa shape index (κ1) is 15.9. The van der Waals surface area contributed by atoms with E-state index in [0.717, 1.165) is 28.5 Å². The molecule has 1 aromatic heterocycles. The van der Waals surface area contributed by atoms with Crippen molar-refractivity contribution in [2.24, 2.45) is 0 Å². The third-order valence-corrected chi connectivity index (χ3v) is 4.21. The summed E-state index contributed by atoms with van der Waals surface area (Å²) in [4.78, 5) is 9.37. The Bertz CT molecular complexity index is 590. The maximum atomic E-state index is 13.9. The van der Waals surface area contributed by atoms with Crippen molar-refractivity contribution in [3.8, 4) is 0 Å². The molecule has 0 saturated carbocycles. The smallest absolute Gasteiger partial charge is 0.126 e. The second kappa shape index (κ2) is 7.52. The molecule has 5 heteroatoms. The van der Waals surface area contributed by atoms with E-state index in [2.05, 4.69) is 29.1 Å². The summed E-state index contributed by atoms with van der Waals surface area (Å²) in [5.41, 5.74) is 1.61. The molecule has 1 unspecified atom stereocenters. The van der Waals surface area contributed by atoms with E-state index in [1.165, 1.54) is 11.8 Å². The molecule has 2 aromatic rings. The van der Waals surface area contributed by atoms with Crippen LogP contribution >= 0.6 is 11.8 Å². The summed E-state index contributed by atoms with van der Waals surface area (Å²) in [7, 11) is 0. The van der Waals surface area contributed by atoms with E-state index >= 15 is 0 Å². The Hall–Kier alpha value is -1.46. The molecule has 0 saturated heterocycles. The van der Waals surface area contributed by atoms with Gasteiger partial charge in [0.25, 0.3) is 0 Å². The van der Waals surface area contributed by atoms with Gasteiger partial charge in [-0.15, -0.1) is 0 Å². The molecule has 0 aliphatic heterocycles. The first-order valence-electron chi connectivity index (χ1n) is 7.09. The molecule has 1 aromatic carbocycles. The van der Waals surface area contributed by atoms with Gasteiger partial charge in [0.1, 0.15) is 10.8 Å². The van der Waals surface area contributed by atoms with E-state index in [1.807, 2.05) is 6.07 Å². The van der Waals surface area contributed by atoms with Crippen LogP contribution in [0.3, 0.4) is 0 Å². The molecule has 0 fully saturated rings. The van der Waals surface area contributed by atoms with Crippen molar-refractivity contribution in [1.29, 1.82) is 0 Å². The van der Waals surface area contributed by atoms with Gasteiger partial charge in [0.2, 0.25) is 0 Å². The Morgan fingerprint density at radius 1 is 1.33 bits per heavy atom. The number of halogens is 1. The van der Waals surface area contributed by atoms with E-state index in [-0.39, 0.29) is 11.9 Å². The summed E-state index contributed by atoms with van der Waals surface area (Å²) in [5.74, 6) is -0.168. The minimum absolute atomic E-state index is 0.0965. The molecule has 1 atom stereocenters. The molecule has 21 heavy (non-hydrogen) atoms. The fourth-order valence-electron chi connectivity index (χ4n) is 2.02. The molecule has 0 radical (unpaired) electrons. The minimum atomic E-state index is -0.168. The summed E-state index contributed by atoms with van der Waals surface area (Å²) in [6, 6.07) is 3.61. The summed E-state index contributed by atoms with van der Waals surface area (Å²) in [6.07, 6.45) is 6.08. The predicted molar refractivity (Wildman–Crippen MR) is 84.0 cm³/mol. The first-order chi connectivity index (χ1) is 10.1. The molecular weight excluding hydrogens is 285 g/mol. The zero-order chi connectivity index (χ0) is 15.2. The van der Waals surface area contributed by atoms with Crippen LogP contribution in [0.25, 0.3) is 0 Å². The average Bonchev–Trinajstić information content (AvgIpc) is 2.49. The Morgan fingerprint density at radius 3 is 2.81 bits per heavy atom. The number of hydrogen-bond acceptors (Lipinski definition) is 4. The van der Waals surface area contributed by atoms with Crippen LogP contribution in [0.2, 0.25) is 0 Å². The molecule has 112 valence electrons. The van der Waals surface area contributed by atoms with Gasteiger partial charge in [0.05, 0.1) is 6.20 Å². The second-order valence-corrected chi connectivity index (χ2v) is 6.02. The van der Waals surface area contributed by atoms with Gasteiger partial charge in [-0.2, -0.15) is 0 Å². The molecule has 0 aliphatic carbocycles. The van der Waals surface area contributed by atoms with Crippen LogP contribution in [0.1, 0.15) is 37.4 Å². The lowest BCUT2D eigenvalue weighted by molar-refractivity contribution is 0.552. The Balaban J connectivity index is 2.31. The number of nitrogens with zero attached hydrogens (tertiary/aromatic N) is 2. The van der Waals surface area contributed by atoms with Gasteiger partial charge in [-0.05, 0) is 50.1 Å². The largest absolute Gasteiger partial charge is 0.310 e. The van der Waals surface area contributed by atoms with E-state index < -0.39 is 0 Å². The van der Waals surface area contributed by atoms with Crippen LogP contribution in [-0.4, -0.2) is 16.5 Å². The lowest BCUT2D eigenvalue weighted by Gasteiger charge is -2.18. The van der Waals surface area contributed by atoms with Crippen molar-refractivity contribution >= 4 is 11.8 Å². The zero-order valence-corrected chi connectivity index (χ0v) is 13.4. The fourth-order valence-corrected chi connectivity index (χ4v) is 3.06. The first-order valence-corrected chi connectivity index (χ1v) is 7.90. The lowest BCUT2D eigenvalue weighted by atomic mass is 10.1. The highest BCUT2D eigenvalue weighted by Crippen LogP contribution is 2.33. The van der Waals surface area contributed by atoms with Crippen molar-refractivity contribution in [1.82, 2.24) is 15.3 Å². The van der Waals surface area contributed by atoms with Crippen LogP contribution < -0.4 is 5.32 Å². The maximum Gasteiger partial charge on any atom is 0.126 e. The summed E-state index contributed by atoms with van der Waals surface area (Å²) in [5, 5.41) is 4.22. The van der Waals surface area contributed by atoms with Gasteiger partial charge in [-0.1, -0.05) is 18.7 Å². The van der Waals surface area contributed by atoms with Gasteiger partial charge in [-0.3, -0.25) is 4.98 Å². The third kappa shape index (κ3) is 4.25. The predicted octanol–water partition coefficient (Wildman–Crippen LogP) is 4.14. The Kier molecular flexibility index (Phi) is 5.70. The number of aromatic nitrogens is 2. The highest BCUT2D eigenvalue weighted by molar-refractivity contribution is 7.99. The molecule has 2 rings (SSSR count). The second-order valence-electron chi connectivity index (χ2n) is 4.96. The molecule has 1 N–H and O–H groups in total. The molecule has 0 aliphatic rings. The topological polar surface area (TPSA) is 37.8 Å². The summed E-state index contributed by atoms with van der Waals surface area (Å²) < 4.78 is 13.9. The van der Waals surface area contributed by atoms with Crippen LogP contribution in [0.5, 0.6) is 0 Å². The SMILES string of the molecule is CCCNC(C)c1cc(F)c(C)cc1Sc1cnccn1. The van der Waals surface area contributed by atoms with Crippen LogP contribution in [-0.2, 0) is 0 Å². The van der Waals surface area contributed by atoms with Crippen LogP contribution in [0.4, 0.5) is 4.39 Å². The van der Waals surface area contributed by atoms with Crippen molar-refractivity contribution < 1.29 is 4.39 Å². The van der Waals surface area contributed by atoms with E-state index in [1.54, 1.807) is 31.6 Å². The average molecular weight is 305 g/mol. The van der Waals surface area contributed by atoms with Gasteiger partial charge in [0.15, 0.2) is 0 Å². The van der Waals surface area contributed by atoms with Crippen LogP contribution in [0, 0.1) is 12.7 Å². The lowest BCUT2D eigenvalue weighted by Crippen LogP contribution is -2.20. The number of aryl methyl sites for hydroxylation is 1. The van der Waals surface area contributed by atoms with E-state index in [0.29, 0.717) is 5.56 Å². The number of hydrogen-bond donors (Lipinski definition) is 1. The Labute approximate surface area is 129 Å². The minimum Gasteiger partial charge on any atom is -0.310 e. The van der Waals surface area contributed by atoms with Gasteiger partial charge >= 0.3 is 0 Å². The van der Waals surface area contributed by atoms with Crippen molar-refractivity contribution in [2.45, 2.75) is 43.2 Å². The fraction of sp³-hybridized carbons (Fsp3) is 0.375. The highest BCUT2D eigenvalue weighted by atomic mass is 32.2. The normalized spacial score (nSPS) is 12.4. The highest BCUT2D eigenvalue weighted by Gasteiger charge is 2.14. The molecule has 0 spiro atoms. The summed E-state index contributed by atoms with van der Waals surface area (Å²) in [6.45, 7) is 6.86. The third-order valence-electron chi connectivity index (χ3n) is 3.21. The van der Waals surface area contributed by atoms with Crippen molar-refractivity contribution in [3.05, 3.63) is 47.7 Å². The van der Waals surface area contributed by atoms with Gasteiger partial charge in [0, 0.05) is 23.3 Å². The zero-order valence-electron chi connectivity index (χ0n) is 12.6. The monoisotopic (exact) mass is 305 g/mol. The molecule has 1 heterocycles. The van der Waals surface area contributed by atoms with Gasteiger partial charge < -0.3 is 5.32 Å². The van der Waals surface area contributed by atoms with Crippen molar-refractivity contribution in [3.63, 3.8) is 0 Å². The Morgan fingerprint density at radius 2 is 2.14 bits per heavy atom. The molecule has 0 amide bonds. The van der Waals surface area contributed by atoms with Crippen molar-refractivity contribution in [2.75, 3.05) is 6.54 Å². The maximum absolute atomic E-state index is 13.9. The van der Waals surface area contributed by atoms with E-state index in [9.17, 15) is 4.39 Å². The summed E-state index contributed by atoms with van der Waals surface area (Å²) >= 11 is 1.52. The number of benzene rings is 1.